The minimum atomic E-state index is -3.35. The number of carbonyl (C=O) groups excluding carboxylic acids is 1. The summed E-state index contributed by atoms with van der Waals surface area (Å²) in [6.45, 7) is 0.393. The second-order valence-electron chi connectivity index (χ2n) is 10.5. The van der Waals surface area contributed by atoms with Gasteiger partial charge < -0.3 is 10.1 Å². The number of methoxy groups -OCH3 is 1. The summed E-state index contributed by atoms with van der Waals surface area (Å²) in [5, 5.41) is 3.86. The van der Waals surface area contributed by atoms with Crippen LogP contribution < -0.4 is 5.32 Å². The molecule has 1 aromatic rings. The summed E-state index contributed by atoms with van der Waals surface area (Å²) >= 11 is 5.70. The van der Waals surface area contributed by atoms with Crippen molar-refractivity contribution >= 4 is 33.3 Å². The van der Waals surface area contributed by atoms with Gasteiger partial charge in [-0.25, -0.2) is 12.7 Å². The number of fused-ring (bicyclic) bond motifs is 3. The monoisotopic (exact) mass is 515 g/mol. The lowest BCUT2D eigenvalue weighted by Crippen LogP contribution is -2.57. The Labute approximate surface area is 213 Å². The molecule has 35 heavy (non-hydrogen) atoms. The van der Waals surface area contributed by atoms with Gasteiger partial charge in [0.25, 0.3) is 5.91 Å². The van der Waals surface area contributed by atoms with Crippen molar-refractivity contribution in [2.45, 2.75) is 56.6 Å². The van der Waals surface area contributed by atoms with Gasteiger partial charge in [-0.2, -0.15) is 0 Å². The minimum Gasteiger partial charge on any atom is -0.381 e. The van der Waals surface area contributed by atoms with E-state index in [1.165, 1.54) is 11.4 Å². The van der Waals surface area contributed by atoms with Crippen LogP contribution in [0.15, 0.2) is 18.2 Å². The molecule has 2 spiro atoms. The van der Waals surface area contributed by atoms with Crippen molar-refractivity contribution in [3.8, 4) is 11.8 Å². The molecule has 7 nitrogen and oxygen atoms in total. The van der Waals surface area contributed by atoms with E-state index in [9.17, 15) is 13.2 Å². The Kier molecular flexibility index (Phi) is 6.24. The summed E-state index contributed by atoms with van der Waals surface area (Å²) in [7, 11) is -0.0832. The number of nitrogens with zero attached hydrogens (tertiary/aromatic N) is 2. The van der Waals surface area contributed by atoms with Crippen molar-refractivity contribution < 1.29 is 17.9 Å². The molecular formula is C26H33N3O4S2. The van der Waals surface area contributed by atoms with Gasteiger partial charge in [0.05, 0.1) is 12.4 Å². The Morgan fingerprint density at radius 1 is 1.26 bits per heavy atom. The van der Waals surface area contributed by atoms with Gasteiger partial charge in [-0.05, 0) is 80.4 Å². The summed E-state index contributed by atoms with van der Waals surface area (Å²) < 4.78 is 30.7. The molecule has 188 valence electrons. The van der Waals surface area contributed by atoms with E-state index in [0.717, 1.165) is 67.9 Å². The van der Waals surface area contributed by atoms with Crippen LogP contribution >= 0.6 is 12.2 Å². The number of amides is 1. The lowest BCUT2D eigenvalue weighted by molar-refractivity contribution is -0.138. The predicted octanol–water partition coefficient (Wildman–Crippen LogP) is 2.38. The first-order chi connectivity index (χ1) is 16.6. The highest BCUT2D eigenvalue weighted by atomic mass is 32.2. The van der Waals surface area contributed by atoms with Gasteiger partial charge in [-0.15, -0.1) is 0 Å². The molecule has 1 aromatic carbocycles. The Morgan fingerprint density at radius 2 is 1.97 bits per heavy atom. The number of rotatable bonds is 5. The van der Waals surface area contributed by atoms with Gasteiger partial charge in [-0.3, -0.25) is 9.69 Å². The molecule has 1 saturated heterocycles. The number of hydrogen-bond donors (Lipinski definition) is 1. The molecule has 4 aliphatic rings. The van der Waals surface area contributed by atoms with E-state index >= 15 is 0 Å². The van der Waals surface area contributed by atoms with Gasteiger partial charge >= 0.3 is 0 Å². The van der Waals surface area contributed by atoms with Gasteiger partial charge in [0.2, 0.25) is 10.0 Å². The number of likely N-dealkylation sites (N-methyl/N-ethyl adjacent to an activating group) is 1. The van der Waals surface area contributed by atoms with Crippen molar-refractivity contribution in [3.05, 3.63) is 34.9 Å². The molecule has 1 N–H and O–H groups in total. The maximum atomic E-state index is 14.3. The fraction of sp³-hybridized carbons (Fsp3) is 0.615. The zero-order valence-electron chi connectivity index (χ0n) is 20.6. The topological polar surface area (TPSA) is 79.0 Å². The molecule has 0 radical (unpaired) electrons. The van der Waals surface area contributed by atoms with Gasteiger partial charge in [-0.1, -0.05) is 17.9 Å². The highest BCUT2D eigenvalue weighted by Gasteiger charge is 2.67. The van der Waals surface area contributed by atoms with Crippen LogP contribution in [0.1, 0.15) is 55.2 Å². The van der Waals surface area contributed by atoms with Crippen LogP contribution in [0.4, 0.5) is 0 Å². The third-order valence-corrected chi connectivity index (χ3v) is 10.0. The summed E-state index contributed by atoms with van der Waals surface area (Å²) in [6.07, 6.45) is 7.96. The maximum Gasteiger partial charge on any atom is 0.259 e. The SMILES string of the molecule is COC1CCC2(CC1)Cc1ccc(C#CC3CC3)cc1C21NC(=S)N(CCN(C)S(C)(=O)=O)C1=O. The van der Waals surface area contributed by atoms with Crippen LogP contribution in [-0.2, 0) is 31.5 Å². The van der Waals surface area contributed by atoms with Crippen LogP contribution in [0.5, 0.6) is 0 Å². The fourth-order valence-electron chi connectivity index (χ4n) is 6.01. The minimum absolute atomic E-state index is 0.0775. The highest BCUT2D eigenvalue weighted by Crippen LogP contribution is 2.60. The molecule has 3 aliphatic carbocycles. The predicted molar refractivity (Wildman–Crippen MR) is 138 cm³/mol. The van der Waals surface area contributed by atoms with E-state index in [1.807, 2.05) is 0 Å². The van der Waals surface area contributed by atoms with Crippen LogP contribution in [0.25, 0.3) is 0 Å². The first-order valence-corrected chi connectivity index (χ1v) is 14.6. The number of ether oxygens (including phenoxy) is 1. The molecule has 9 heteroatoms. The Balaban J connectivity index is 1.53. The summed E-state index contributed by atoms with van der Waals surface area (Å²) in [5.41, 5.74) is 1.79. The number of thiocarbonyl (C=S) groups is 1. The quantitative estimate of drug-likeness (QED) is 0.479. The number of sulfonamides is 1. The average Bonchev–Trinajstić information content (AvgIpc) is 3.57. The van der Waals surface area contributed by atoms with E-state index in [1.54, 1.807) is 12.0 Å². The van der Waals surface area contributed by atoms with Crippen LogP contribution in [-0.4, -0.2) is 68.2 Å². The number of hydrogen-bond acceptors (Lipinski definition) is 5. The second kappa shape index (κ2) is 8.84. The van der Waals surface area contributed by atoms with E-state index in [-0.39, 0.29) is 30.5 Å². The summed E-state index contributed by atoms with van der Waals surface area (Å²) in [6, 6.07) is 6.28. The molecule has 1 atom stereocenters. The molecule has 3 fully saturated rings. The maximum absolute atomic E-state index is 14.3. The first kappa shape index (κ1) is 24.7. The van der Waals surface area contributed by atoms with Crippen molar-refractivity contribution in [3.63, 3.8) is 0 Å². The Morgan fingerprint density at radius 3 is 2.60 bits per heavy atom. The molecule has 1 unspecified atom stereocenters. The van der Waals surface area contributed by atoms with E-state index in [4.69, 9.17) is 17.0 Å². The average molecular weight is 516 g/mol. The van der Waals surface area contributed by atoms with E-state index in [2.05, 4.69) is 35.4 Å². The fourth-order valence-corrected chi connectivity index (χ4v) is 6.75. The van der Waals surface area contributed by atoms with Gasteiger partial charge in [0.15, 0.2) is 10.7 Å². The smallest absolute Gasteiger partial charge is 0.259 e. The number of nitrogens with one attached hydrogen (secondary N) is 1. The van der Waals surface area contributed by atoms with Crippen LogP contribution in [0.2, 0.25) is 0 Å². The van der Waals surface area contributed by atoms with Crippen molar-refractivity contribution in [1.29, 1.82) is 0 Å². The molecule has 1 heterocycles. The number of carbonyl (C=O) groups is 1. The van der Waals surface area contributed by atoms with Crippen molar-refractivity contribution in [1.82, 2.24) is 14.5 Å². The summed E-state index contributed by atoms with van der Waals surface area (Å²) in [5.74, 6) is 7.06. The van der Waals surface area contributed by atoms with Gasteiger partial charge in [0.1, 0.15) is 0 Å². The van der Waals surface area contributed by atoms with Gasteiger partial charge in [0, 0.05) is 44.1 Å². The molecule has 0 aromatic heterocycles. The van der Waals surface area contributed by atoms with Crippen LogP contribution in [0, 0.1) is 23.2 Å². The van der Waals surface area contributed by atoms with Crippen molar-refractivity contribution in [2.75, 3.05) is 33.5 Å². The molecule has 5 rings (SSSR count). The van der Waals surface area contributed by atoms with E-state index < -0.39 is 15.6 Å². The molecule has 2 saturated carbocycles. The molecule has 0 bridgehead atoms. The third kappa shape index (κ3) is 4.18. The standard InChI is InChI=1S/C26H33N3O4S2/c1-28(35(3,31)32)14-15-29-23(30)26(27-24(29)34)22-16-19(7-6-18-4-5-18)8-9-20(22)17-25(26)12-10-21(33-2)11-13-25/h8-9,16,18,21H,4-5,10-15,17H2,1-3H3,(H,27,34). The third-order valence-electron chi connectivity index (χ3n) is 8.37. The molecule has 1 aliphatic heterocycles. The highest BCUT2D eigenvalue weighted by molar-refractivity contribution is 7.88. The van der Waals surface area contributed by atoms with Crippen LogP contribution in [0.3, 0.4) is 0 Å². The lowest BCUT2D eigenvalue weighted by atomic mass is 9.61. The first-order valence-electron chi connectivity index (χ1n) is 12.3. The lowest BCUT2D eigenvalue weighted by Gasteiger charge is -2.46. The number of benzene rings is 1. The zero-order chi connectivity index (χ0) is 25.0. The molecular weight excluding hydrogens is 482 g/mol. The Hall–Kier alpha value is -1.99. The summed E-state index contributed by atoms with van der Waals surface area (Å²) in [4.78, 5) is 15.9. The second-order valence-corrected chi connectivity index (χ2v) is 13.0. The Bertz CT molecular complexity index is 1220. The normalized spacial score (nSPS) is 30.1. The largest absolute Gasteiger partial charge is 0.381 e. The molecule has 1 amide bonds. The zero-order valence-corrected chi connectivity index (χ0v) is 22.2. The van der Waals surface area contributed by atoms with E-state index in [0.29, 0.717) is 11.0 Å². The van der Waals surface area contributed by atoms with Crippen molar-refractivity contribution in [2.24, 2.45) is 11.3 Å².